The van der Waals surface area contributed by atoms with Gasteiger partial charge in [-0.15, -0.1) is 0 Å². The Labute approximate surface area is 113 Å². The summed E-state index contributed by atoms with van der Waals surface area (Å²) in [7, 11) is 0. The second kappa shape index (κ2) is 5.63. The topological polar surface area (TPSA) is 29.1 Å². The van der Waals surface area contributed by atoms with Gasteiger partial charge in [-0.3, -0.25) is 4.79 Å². The van der Waals surface area contributed by atoms with Gasteiger partial charge in [0.2, 0.25) is 5.91 Å². The van der Waals surface area contributed by atoms with Crippen molar-refractivity contribution in [2.75, 3.05) is 0 Å². The number of nitrogens with one attached hydrogen (secondary N) is 1. The van der Waals surface area contributed by atoms with Crippen LogP contribution in [0.15, 0.2) is 0 Å². The quantitative estimate of drug-likeness (QED) is 0.804. The molecule has 1 aliphatic carbocycles. The average molecular weight is 253 g/mol. The number of carbonyl (C=O) groups is 1. The van der Waals surface area contributed by atoms with Gasteiger partial charge in [-0.2, -0.15) is 0 Å². The minimum atomic E-state index is 0.202. The maximum Gasteiger partial charge on any atom is 0.219 e. The molecule has 0 aliphatic heterocycles. The molecule has 2 heteroatoms. The number of rotatable bonds is 3. The lowest BCUT2D eigenvalue weighted by Gasteiger charge is -2.52. The molecule has 0 saturated heterocycles. The van der Waals surface area contributed by atoms with E-state index >= 15 is 0 Å². The van der Waals surface area contributed by atoms with Crippen LogP contribution in [0.1, 0.15) is 73.6 Å². The lowest BCUT2D eigenvalue weighted by molar-refractivity contribution is -0.122. The Morgan fingerprint density at radius 1 is 1.28 bits per heavy atom. The van der Waals surface area contributed by atoms with Crippen molar-refractivity contribution in [3.8, 4) is 0 Å². The predicted octanol–water partition coefficient (Wildman–Crippen LogP) is 4.14. The molecule has 1 rings (SSSR count). The first kappa shape index (κ1) is 15.5. The summed E-state index contributed by atoms with van der Waals surface area (Å²) in [4.78, 5) is 11.5. The fourth-order valence-corrected chi connectivity index (χ4v) is 3.80. The number of hydrogen-bond donors (Lipinski definition) is 1. The molecule has 0 heterocycles. The summed E-state index contributed by atoms with van der Waals surface area (Å²) in [6.45, 7) is 13.8. The highest BCUT2D eigenvalue weighted by Crippen LogP contribution is 2.54. The zero-order chi connectivity index (χ0) is 14.0. The fraction of sp³-hybridized carbons (Fsp3) is 0.938. The monoisotopic (exact) mass is 253 g/mol. The van der Waals surface area contributed by atoms with E-state index in [0.29, 0.717) is 29.2 Å². The minimum Gasteiger partial charge on any atom is -0.353 e. The Morgan fingerprint density at radius 3 is 2.11 bits per heavy atom. The molecule has 1 saturated carbocycles. The third-order valence-corrected chi connectivity index (χ3v) is 5.16. The molecule has 1 amide bonds. The van der Waals surface area contributed by atoms with E-state index in [4.69, 9.17) is 0 Å². The molecule has 0 aromatic carbocycles. The highest BCUT2D eigenvalue weighted by molar-refractivity contribution is 5.75. The van der Waals surface area contributed by atoms with Crippen molar-refractivity contribution in [2.45, 2.75) is 79.7 Å². The van der Waals surface area contributed by atoms with E-state index in [1.54, 1.807) is 0 Å². The van der Waals surface area contributed by atoms with Crippen molar-refractivity contribution in [2.24, 2.45) is 16.7 Å². The van der Waals surface area contributed by atoms with Crippen molar-refractivity contribution < 1.29 is 4.79 Å². The molecule has 2 nitrogen and oxygen atoms in total. The van der Waals surface area contributed by atoms with Crippen LogP contribution in [0.4, 0.5) is 0 Å². The van der Waals surface area contributed by atoms with Gasteiger partial charge in [-0.25, -0.2) is 0 Å². The lowest BCUT2D eigenvalue weighted by Crippen LogP contribution is -2.47. The molecule has 1 fully saturated rings. The third-order valence-electron chi connectivity index (χ3n) is 5.16. The van der Waals surface area contributed by atoms with Crippen LogP contribution >= 0.6 is 0 Å². The van der Waals surface area contributed by atoms with Gasteiger partial charge < -0.3 is 5.32 Å². The summed E-state index contributed by atoms with van der Waals surface area (Å²) in [6.07, 6.45) is 5.36. The summed E-state index contributed by atoms with van der Waals surface area (Å²) in [5.74, 6) is 0.910. The second-order valence-corrected chi connectivity index (χ2v) is 7.26. The Kier molecular flexibility index (Phi) is 4.85. The largest absolute Gasteiger partial charge is 0.353 e. The van der Waals surface area contributed by atoms with E-state index in [2.05, 4.69) is 39.9 Å². The first-order valence-electron chi connectivity index (χ1n) is 7.52. The molecule has 0 bridgehead atoms. The van der Waals surface area contributed by atoms with Crippen molar-refractivity contribution in [1.82, 2.24) is 5.32 Å². The Bertz CT molecular complexity index is 280. The molecule has 1 N–H and O–H groups in total. The van der Waals surface area contributed by atoms with Crippen LogP contribution in [0.2, 0.25) is 0 Å². The first-order chi connectivity index (χ1) is 8.23. The van der Waals surface area contributed by atoms with Gasteiger partial charge in [0, 0.05) is 12.5 Å². The molecular weight excluding hydrogens is 222 g/mol. The van der Waals surface area contributed by atoms with Gasteiger partial charge in [0.15, 0.2) is 0 Å². The molecule has 0 radical (unpaired) electrons. The van der Waals surface area contributed by atoms with Gasteiger partial charge in [0.25, 0.3) is 0 Å². The molecule has 0 spiro atoms. The van der Waals surface area contributed by atoms with Crippen molar-refractivity contribution in [3.63, 3.8) is 0 Å². The van der Waals surface area contributed by atoms with E-state index in [1.807, 2.05) is 6.92 Å². The Morgan fingerprint density at radius 2 is 1.78 bits per heavy atom. The minimum absolute atomic E-state index is 0.202. The normalized spacial score (nSPS) is 29.4. The molecule has 1 aliphatic rings. The standard InChI is InChI=1S/C16H31NO/c1-7-14(18)17-13-8-10-16(11-9-13,12(2)3)15(4,5)6/h12-13H,7-11H2,1-6H3,(H,17,18). The zero-order valence-corrected chi connectivity index (χ0v) is 13.1. The molecule has 106 valence electrons. The number of carbonyl (C=O) groups excluding carboxylic acids is 1. The highest BCUT2D eigenvalue weighted by atomic mass is 16.1. The van der Waals surface area contributed by atoms with Gasteiger partial charge in [0.05, 0.1) is 0 Å². The molecular formula is C16H31NO. The van der Waals surface area contributed by atoms with Crippen molar-refractivity contribution in [3.05, 3.63) is 0 Å². The predicted molar refractivity (Wildman–Crippen MR) is 77.4 cm³/mol. The van der Waals surface area contributed by atoms with Crippen LogP contribution in [-0.4, -0.2) is 11.9 Å². The molecule has 0 aromatic rings. The fourth-order valence-electron chi connectivity index (χ4n) is 3.80. The van der Waals surface area contributed by atoms with Crippen LogP contribution in [0, 0.1) is 16.7 Å². The van der Waals surface area contributed by atoms with E-state index in [1.165, 1.54) is 12.8 Å². The molecule has 18 heavy (non-hydrogen) atoms. The van der Waals surface area contributed by atoms with Crippen LogP contribution in [0.25, 0.3) is 0 Å². The first-order valence-corrected chi connectivity index (χ1v) is 7.52. The van der Waals surface area contributed by atoms with Gasteiger partial charge in [0.1, 0.15) is 0 Å². The van der Waals surface area contributed by atoms with Crippen LogP contribution in [0.5, 0.6) is 0 Å². The summed E-state index contributed by atoms with van der Waals surface area (Å²) in [5, 5.41) is 3.16. The second-order valence-electron chi connectivity index (χ2n) is 7.26. The number of hydrogen-bond acceptors (Lipinski definition) is 1. The highest BCUT2D eigenvalue weighted by Gasteiger charge is 2.46. The molecule has 0 aromatic heterocycles. The lowest BCUT2D eigenvalue weighted by atomic mass is 9.54. The Hall–Kier alpha value is -0.530. The summed E-state index contributed by atoms with van der Waals surface area (Å²) in [6, 6.07) is 0.409. The van der Waals surface area contributed by atoms with Gasteiger partial charge in [-0.1, -0.05) is 41.5 Å². The van der Waals surface area contributed by atoms with Crippen LogP contribution < -0.4 is 5.32 Å². The van der Waals surface area contributed by atoms with E-state index in [9.17, 15) is 4.79 Å². The zero-order valence-electron chi connectivity index (χ0n) is 13.1. The van der Waals surface area contributed by atoms with E-state index in [-0.39, 0.29) is 5.91 Å². The SMILES string of the molecule is CCC(=O)NC1CCC(C(C)C)(C(C)(C)C)CC1. The summed E-state index contributed by atoms with van der Waals surface area (Å²) >= 11 is 0. The van der Waals surface area contributed by atoms with Crippen molar-refractivity contribution >= 4 is 5.91 Å². The molecule has 0 atom stereocenters. The smallest absolute Gasteiger partial charge is 0.219 e. The van der Waals surface area contributed by atoms with Crippen molar-refractivity contribution in [1.29, 1.82) is 0 Å². The van der Waals surface area contributed by atoms with E-state index < -0.39 is 0 Å². The maximum atomic E-state index is 11.5. The molecule has 0 unspecified atom stereocenters. The number of amides is 1. The average Bonchev–Trinajstić information content (AvgIpc) is 2.28. The van der Waals surface area contributed by atoms with Crippen LogP contribution in [-0.2, 0) is 4.79 Å². The Balaban J connectivity index is 2.67. The van der Waals surface area contributed by atoms with Crippen LogP contribution in [0.3, 0.4) is 0 Å². The van der Waals surface area contributed by atoms with Gasteiger partial charge >= 0.3 is 0 Å². The maximum absolute atomic E-state index is 11.5. The third kappa shape index (κ3) is 3.07. The van der Waals surface area contributed by atoms with E-state index in [0.717, 1.165) is 12.8 Å². The summed E-state index contributed by atoms with van der Waals surface area (Å²) < 4.78 is 0. The van der Waals surface area contributed by atoms with Gasteiger partial charge in [-0.05, 0) is 42.4 Å². The summed E-state index contributed by atoms with van der Waals surface area (Å²) in [5.41, 5.74) is 0.779.